The van der Waals surface area contributed by atoms with Gasteiger partial charge in [-0.2, -0.15) is 11.8 Å². The van der Waals surface area contributed by atoms with Crippen molar-refractivity contribution in [3.05, 3.63) is 22.4 Å². The molecule has 0 aliphatic carbocycles. The zero-order chi connectivity index (χ0) is 11.6. The zero-order valence-corrected chi connectivity index (χ0v) is 11.4. The molecular formula is C12H21NOS2. The van der Waals surface area contributed by atoms with E-state index in [-0.39, 0.29) is 0 Å². The van der Waals surface area contributed by atoms with E-state index in [0.717, 1.165) is 30.9 Å². The Morgan fingerprint density at radius 3 is 3.06 bits per heavy atom. The SMILES string of the molecule is CC(Cc1cccs1)NCCSCCCO. The maximum absolute atomic E-state index is 8.63. The van der Waals surface area contributed by atoms with Crippen LogP contribution in [0.4, 0.5) is 0 Å². The molecule has 0 bridgehead atoms. The van der Waals surface area contributed by atoms with E-state index in [0.29, 0.717) is 12.6 Å². The lowest BCUT2D eigenvalue weighted by atomic mass is 10.2. The molecule has 0 aliphatic rings. The molecule has 16 heavy (non-hydrogen) atoms. The van der Waals surface area contributed by atoms with Gasteiger partial charge in [0.1, 0.15) is 0 Å². The number of aliphatic hydroxyl groups excluding tert-OH is 1. The van der Waals surface area contributed by atoms with Crippen molar-refractivity contribution in [2.75, 3.05) is 24.7 Å². The van der Waals surface area contributed by atoms with Crippen LogP contribution in [0, 0.1) is 0 Å². The van der Waals surface area contributed by atoms with Crippen molar-refractivity contribution < 1.29 is 5.11 Å². The summed E-state index contributed by atoms with van der Waals surface area (Å²) in [6.07, 6.45) is 2.04. The maximum Gasteiger partial charge on any atom is 0.0438 e. The van der Waals surface area contributed by atoms with E-state index in [9.17, 15) is 0 Å². The van der Waals surface area contributed by atoms with Crippen molar-refractivity contribution in [3.63, 3.8) is 0 Å². The summed E-state index contributed by atoms with van der Waals surface area (Å²) >= 11 is 3.74. The van der Waals surface area contributed by atoms with Crippen LogP contribution in [0.3, 0.4) is 0 Å². The molecule has 92 valence electrons. The first-order valence-corrected chi connectivity index (χ1v) is 7.80. The highest BCUT2D eigenvalue weighted by Gasteiger charge is 2.02. The Kier molecular flexibility index (Phi) is 7.93. The second kappa shape index (κ2) is 9.05. The molecule has 4 heteroatoms. The summed E-state index contributed by atoms with van der Waals surface area (Å²) < 4.78 is 0. The van der Waals surface area contributed by atoms with Crippen LogP contribution in [0.1, 0.15) is 18.2 Å². The number of aliphatic hydroxyl groups is 1. The summed E-state index contributed by atoms with van der Waals surface area (Å²) in [6, 6.07) is 4.85. The van der Waals surface area contributed by atoms with Crippen molar-refractivity contribution >= 4 is 23.1 Å². The lowest BCUT2D eigenvalue weighted by Gasteiger charge is -2.12. The first kappa shape index (κ1) is 14.0. The van der Waals surface area contributed by atoms with Crippen LogP contribution in [0.2, 0.25) is 0 Å². The molecule has 1 atom stereocenters. The number of hydrogen-bond acceptors (Lipinski definition) is 4. The van der Waals surface area contributed by atoms with E-state index < -0.39 is 0 Å². The van der Waals surface area contributed by atoms with Gasteiger partial charge in [-0.1, -0.05) is 6.07 Å². The molecule has 1 heterocycles. The molecule has 1 aromatic heterocycles. The molecule has 1 aromatic rings. The number of thioether (sulfide) groups is 1. The van der Waals surface area contributed by atoms with Crippen LogP contribution in [-0.2, 0) is 6.42 Å². The van der Waals surface area contributed by atoms with Gasteiger partial charge < -0.3 is 10.4 Å². The van der Waals surface area contributed by atoms with Gasteiger partial charge in [-0.25, -0.2) is 0 Å². The molecule has 1 unspecified atom stereocenters. The van der Waals surface area contributed by atoms with Crippen LogP contribution >= 0.6 is 23.1 Å². The van der Waals surface area contributed by atoms with E-state index in [1.165, 1.54) is 4.88 Å². The van der Waals surface area contributed by atoms with Gasteiger partial charge in [-0.05, 0) is 37.0 Å². The Morgan fingerprint density at radius 2 is 2.38 bits per heavy atom. The van der Waals surface area contributed by atoms with Gasteiger partial charge in [0.05, 0.1) is 0 Å². The molecule has 0 saturated carbocycles. The molecule has 0 radical (unpaired) electrons. The molecule has 0 amide bonds. The predicted molar refractivity (Wildman–Crippen MR) is 74.5 cm³/mol. The molecule has 2 nitrogen and oxygen atoms in total. The first-order chi connectivity index (χ1) is 7.83. The number of nitrogens with one attached hydrogen (secondary N) is 1. The van der Waals surface area contributed by atoms with Gasteiger partial charge in [0, 0.05) is 29.8 Å². The van der Waals surface area contributed by atoms with E-state index in [1.54, 1.807) is 0 Å². The second-order valence-electron chi connectivity index (χ2n) is 3.83. The van der Waals surface area contributed by atoms with E-state index in [2.05, 4.69) is 29.8 Å². The Hall–Kier alpha value is -0.0300. The topological polar surface area (TPSA) is 32.3 Å². The standard InChI is InChI=1S/C12H21NOS2/c1-11(10-12-4-2-8-16-12)13-5-9-15-7-3-6-14/h2,4,8,11,13-14H,3,5-7,9-10H2,1H3. The van der Waals surface area contributed by atoms with Gasteiger partial charge in [-0.15, -0.1) is 11.3 Å². The summed E-state index contributed by atoms with van der Waals surface area (Å²) in [4.78, 5) is 1.45. The van der Waals surface area contributed by atoms with Gasteiger partial charge in [0.25, 0.3) is 0 Å². The minimum atomic E-state index is 0.315. The average Bonchev–Trinajstić information content (AvgIpc) is 2.76. The van der Waals surface area contributed by atoms with E-state index in [4.69, 9.17) is 5.11 Å². The highest BCUT2D eigenvalue weighted by molar-refractivity contribution is 7.99. The third-order valence-corrected chi connectivity index (χ3v) is 4.24. The van der Waals surface area contributed by atoms with Crippen molar-refractivity contribution in [1.29, 1.82) is 0 Å². The molecular weight excluding hydrogens is 238 g/mol. The third-order valence-electron chi connectivity index (χ3n) is 2.27. The van der Waals surface area contributed by atoms with Gasteiger partial charge in [0.15, 0.2) is 0 Å². The Balaban J connectivity index is 1.96. The summed E-state index contributed by atoms with van der Waals surface area (Å²) in [7, 11) is 0. The average molecular weight is 259 g/mol. The number of rotatable bonds is 9. The minimum Gasteiger partial charge on any atom is -0.396 e. The van der Waals surface area contributed by atoms with E-state index >= 15 is 0 Å². The molecule has 0 saturated heterocycles. The molecule has 0 spiro atoms. The maximum atomic E-state index is 8.63. The van der Waals surface area contributed by atoms with Gasteiger partial charge in [-0.3, -0.25) is 0 Å². The highest BCUT2D eigenvalue weighted by Crippen LogP contribution is 2.10. The van der Waals surface area contributed by atoms with Crippen molar-refractivity contribution in [3.8, 4) is 0 Å². The molecule has 0 aromatic carbocycles. The predicted octanol–water partition coefficient (Wildman–Crippen LogP) is 2.38. The van der Waals surface area contributed by atoms with Crippen LogP contribution in [-0.4, -0.2) is 35.8 Å². The summed E-state index contributed by atoms with van der Waals surface area (Å²) in [5.74, 6) is 2.20. The Morgan fingerprint density at radius 1 is 1.50 bits per heavy atom. The lowest BCUT2D eigenvalue weighted by Crippen LogP contribution is -2.29. The first-order valence-electron chi connectivity index (χ1n) is 5.77. The van der Waals surface area contributed by atoms with Gasteiger partial charge in [0.2, 0.25) is 0 Å². The smallest absolute Gasteiger partial charge is 0.0438 e. The Bertz CT molecular complexity index is 252. The van der Waals surface area contributed by atoms with Crippen LogP contribution in [0.25, 0.3) is 0 Å². The number of thiophene rings is 1. The largest absolute Gasteiger partial charge is 0.396 e. The molecule has 0 aliphatic heterocycles. The summed E-state index contributed by atoms with van der Waals surface area (Å²) in [5.41, 5.74) is 0. The van der Waals surface area contributed by atoms with E-state index in [1.807, 2.05) is 23.1 Å². The summed E-state index contributed by atoms with van der Waals surface area (Å²) in [5, 5.41) is 14.3. The monoisotopic (exact) mass is 259 g/mol. The van der Waals surface area contributed by atoms with Crippen LogP contribution in [0.5, 0.6) is 0 Å². The number of hydrogen-bond donors (Lipinski definition) is 2. The van der Waals surface area contributed by atoms with Crippen LogP contribution < -0.4 is 5.32 Å². The lowest BCUT2D eigenvalue weighted by molar-refractivity contribution is 0.296. The highest BCUT2D eigenvalue weighted by atomic mass is 32.2. The molecule has 0 fully saturated rings. The normalized spacial score (nSPS) is 12.9. The zero-order valence-electron chi connectivity index (χ0n) is 9.82. The fourth-order valence-corrected chi connectivity index (χ4v) is 3.08. The fraction of sp³-hybridized carbons (Fsp3) is 0.667. The van der Waals surface area contributed by atoms with Gasteiger partial charge >= 0.3 is 0 Å². The molecule has 1 rings (SSSR count). The molecule has 2 N–H and O–H groups in total. The van der Waals surface area contributed by atoms with Crippen LogP contribution in [0.15, 0.2) is 17.5 Å². The fourth-order valence-electron chi connectivity index (χ4n) is 1.45. The van der Waals surface area contributed by atoms with Crippen molar-refractivity contribution in [1.82, 2.24) is 5.32 Å². The second-order valence-corrected chi connectivity index (χ2v) is 6.09. The summed E-state index contributed by atoms with van der Waals surface area (Å²) in [6.45, 7) is 3.61. The minimum absolute atomic E-state index is 0.315. The van der Waals surface area contributed by atoms with Crippen molar-refractivity contribution in [2.45, 2.75) is 25.8 Å². The quantitative estimate of drug-likeness (QED) is 0.668. The third kappa shape index (κ3) is 6.53. The Labute approximate surface area is 106 Å². The van der Waals surface area contributed by atoms with Crippen molar-refractivity contribution in [2.24, 2.45) is 0 Å².